The van der Waals surface area contributed by atoms with Crippen molar-refractivity contribution in [3.63, 3.8) is 0 Å². The van der Waals surface area contributed by atoms with E-state index in [-0.39, 0.29) is 18.5 Å². The van der Waals surface area contributed by atoms with Gasteiger partial charge in [0.2, 0.25) is 5.91 Å². The van der Waals surface area contributed by atoms with Crippen molar-refractivity contribution in [1.82, 2.24) is 5.32 Å². The molecule has 138 valence electrons. The lowest BCUT2D eigenvalue weighted by Crippen LogP contribution is -2.41. The van der Waals surface area contributed by atoms with E-state index in [1.807, 2.05) is 97.9 Å². The predicted molar refractivity (Wildman–Crippen MR) is 109 cm³/mol. The van der Waals surface area contributed by atoms with Gasteiger partial charge < -0.3 is 10.4 Å². The monoisotopic (exact) mass is 360 g/mol. The molecule has 27 heavy (non-hydrogen) atoms. The summed E-state index contributed by atoms with van der Waals surface area (Å²) in [5, 5.41) is 13.6. The Morgan fingerprint density at radius 2 is 1.30 bits per heavy atom. The Bertz CT molecular complexity index is 799. The van der Waals surface area contributed by atoms with Gasteiger partial charge in [-0.3, -0.25) is 9.69 Å². The predicted octanol–water partition coefficient (Wildman–Crippen LogP) is 4.06. The van der Waals surface area contributed by atoms with Crippen molar-refractivity contribution in [2.45, 2.75) is 19.1 Å². The third-order valence-corrected chi connectivity index (χ3v) is 4.47. The standard InChI is InChI=1S/C23H24N2O2/c1-18(23(27)19-11-5-2-6-12-19)24-17-22(26)25(20-13-7-3-8-14-20)21-15-9-4-10-16-21/h2-16,18,23-24,27H,17H2,1H3. The molecule has 0 radical (unpaired) electrons. The molecular formula is C23H24N2O2. The van der Waals surface area contributed by atoms with E-state index in [2.05, 4.69) is 5.32 Å². The first-order chi connectivity index (χ1) is 13.2. The fourth-order valence-electron chi connectivity index (χ4n) is 2.97. The number of amides is 1. The summed E-state index contributed by atoms with van der Waals surface area (Å²) in [7, 11) is 0. The quantitative estimate of drug-likeness (QED) is 0.668. The molecule has 0 bridgehead atoms. The van der Waals surface area contributed by atoms with Crippen molar-refractivity contribution >= 4 is 17.3 Å². The van der Waals surface area contributed by atoms with Gasteiger partial charge in [0.05, 0.1) is 12.6 Å². The summed E-state index contributed by atoms with van der Waals surface area (Å²) in [5.41, 5.74) is 2.45. The second-order valence-electron chi connectivity index (χ2n) is 6.43. The largest absolute Gasteiger partial charge is 0.387 e. The Kier molecular flexibility index (Phi) is 6.36. The first kappa shape index (κ1) is 18.8. The number of hydrogen-bond acceptors (Lipinski definition) is 3. The Hall–Kier alpha value is -2.95. The van der Waals surface area contributed by atoms with Crippen LogP contribution < -0.4 is 10.2 Å². The molecule has 0 saturated heterocycles. The summed E-state index contributed by atoms with van der Waals surface area (Å²) in [6.07, 6.45) is -0.680. The maximum atomic E-state index is 13.0. The molecule has 1 amide bonds. The van der Waals surface area contributed by atoms with Crippen molar-refractivity contribution in [1.29, 1.82) is 0 Å². The molecule has 0 heterocycles. The average Bonchev–Trinajstić information content (AvgIpc) is 2.74. The zero-order valence-corrected chi connectivity index (χ0v) is 15.3. The molecule has 3 aromatic carbocycles. The normalized spacial score (nSPS) is 13.0. The SMILES string of the molecule is CC(NCC(=O)N(c1ccccc1)c1ccccc1)C(O)c1ccccc1. The molecule has 4 nitrogen and oxygen atoms in total. The average molecular weight is 360 g/mol. The van der Waals surface area contributed by atoms with Crippen molar-refractivity contribution in [2.24, 2.45) is 0 Å². The van der Waals surface area contributed by atoms with Gasteiger partial charge in [-0.1, -0.05) is 66.7 Å². The van der Waals surface area contributed by atoms with E-state index in [1.54, 1.807) is 4.90 Å². The summed E-state index contributed by atoms with van der Waals surface area (Å²) in [6, 6.07) is 28.3. The highest BCUT2D eigenvalue weighted by molar-refractivity contribution is 6.01. The summed E-state index contributed by atoms with van der Waals surface area (Å²) in [5.74, 6) is -0.0838. The van der Waals surface area contributed by atoms with Crippen LogP contribution in [0.5, 0.6) is 0 Å². The van der Waals surface area contributed by atoms with Crippen LogP contribution in [-0.2, 0) is 4.79 Å². The Morgan fingerprint density at radius 3 is 1.78 bits per heavy atom. The molecule has 2 unspecified atom stereocenters. The molecule has 3 rings (SSSR count). The highest BCUT2D eigenvalue weighted by Gasteiger charge is 2.21. The van der Waals surface area contributed by atoms with E-state index >= 15 is 0 Å². The topological polar surface area (TPSA) is 52.6 Å². The fraction of sp³-hybridized carbons (Fsp3) is 0.174. The fourth-order valence-corrected chi connectivity index (χ4v) is 2.97. The molecule has 0 aliphatic rings. The van der Waals surface area contributed by atoms with E-state index < -0.39 is 6.10 Å². The number of hydrogen-bond donors (Lipinski definition) is 2. The molecule has 0 aliphatic heterocycles. The van der Waals surface area contributed by atoms with E-state index in [0.29, 0.717) is 0 Å². The van der Waals surface area contributed by atoms with Gasteiger partial charge in [-0.2, -0.15) is 0 Å². The summed E-state index contributed by atoms with van der Waals surface area (Å²) in [4.78, 5) is 14.7. The number of para-hydroxylation sites is 2. The molecule has 2 atom stereocenters. The molecule has 0 aliphatic carbocycles. The van der Waals surface area contributed by atoms with Crippen LogP contribution in [0.4, 0.5) is 11.4 Å². The van der Waals surface area contributed by atoms with Crippen molar-refractivity contribution in [2.75, 3.05) is 11.4 Å². The second-order valence-corrected chi connectivity index (χ2v) is 6.43. The number of rotatable bonds is 7. The summed E-state index contributed by atoms with van der Waals surface area (Å²) < 4.78 is 0. The van der Waals surface area contributed by atoms with Crippen LogP contribution in [0.15, 0.2) is 91.0 Å². The molecule has 0 spiro atoms. The molecule has 0 saturated carbocycles. The van der Waals surface area contributed by atoms with E-state index in [1.165, 1.54) is 0 Å². The molecule has 3 aromatic rings. The molecule has 0 fully saturated rings. The highest BCUT2D eigenvalue weighted by Crippen LogP contribution is 2.25. The third-order valence-electron chi connectivity index (χ3n) is 4.47. The van der Waals surface area contributed by atoms with Gasteiger partial charge in [-0.05, 0) is 36.8 Å². The molecule has 4 heteroatoms. The lowest BCUT2D eigenvalue weighted by molar-refractivity contribution is -0.117. The summed E-state index contributed by atoms with van der Waals surface area (Å²) >= 11 is 0. The zero-order valence-electron chi connectivity index (χ0n) is 15.3. The lowest BCUT2D eigenvalue weighted by Gasteiger charge is -2.25. The van der Waals surface area contributed by atoms with Crippen LogP contribution in [0.3, 0.4) is 0 Å². The molecule has 2 N–H and O–H groups in total. The van der Waals surface area contributed by atoms with E-state index in [0.717, 1.165) is 16.9 Å². The van der Waals surface area contributed by atoms with Crippen LogP contribution in [0.25, 0.3) is 0 Å². The highest BCUT2D eigenvalue weighted by atomic mass is 16.3. The van der Waals surface area contributed by atoms with Crippen LogP contribution in [0, 0.1) is 0 Å². The maximum Gasteiger partial charge on any atom is 0.245 e. The van der Waals surface area contributed by atoms with E-state index in [9.17, 15) is 9.90 Å². The van der Waals surface area contributed by atoms with Gasteiger partial charge in [0.15, 0.2) is 0 Å². The number of carbonyl (C=O) groups excluding carboxylic acids is 1. The Morgan fingerprint density at radius 1 is 0.852 bits per heavy atom. The number of anilines is 2. The third kappa shape index (κ3) is 4.82. The number of aliphatic hydroxyl groups is 1. The summed E-state index contributed by atoms with van der Waals surface area (Å²) in [6.45, 7) is 2.00. The van der Waals surface area contributed by atoms with Gasteiger partial charge in [-0.15, -0.1) is 0 Å². The second kappa shape index (κ2) is 9.12. The number of benzene rings is 3. The van der Waals surface area contributed by atoms with Crippen LogP contribution >= 0.6 is 0 Å². The first-order valence-electron chi connectivity index (χ1n) is 9.06. The number of carbonyl (C=O) groups is 1. The number of nitrogens with one attached hydrogen (secondary N) is 1. The van der Waals surface area contributed by atoms with Crippen LogP contribution in [0.2, 0.25) is 0 Å². The number of nitrogens with zero attached hydrogens (tertiary/aromatic N) is 1. The van der Waals surface area contributed by atoms with Gasteiger partial charge in [-0.25, -0.2) is 0 Å². The smallest absolute Gasteiger partial charge is 0.245 e. The van der Waals surface area contributed by atoms with Crippen molar-refractivity contribution in [3.05, 3.63) is 96.6 Å². The Balaban J connectivity index is 1.72. The Labute approximate surface area is 160 Å². The van der Waals surface area contributed by atoms with E-state index in [4.69, 9.17) is 0 Å². The lowest BCUT2D eigenvalue weighted by atomic mass is 10.0. The zero-order chi connectivity index (χ0) is 19.1. The van der Waals surface area contributed by atoms with Gasteiger partial charge in [0, 0.05) is 17.4 Å². The van der Waals surface area contributed by atoms with Crippen LogP contribution in [0.1, 0.15) is 18.6 Å². The molecular weight excluding hydrogens is 336 g/mol. The molecule has 0 aromatic heterocycles. The minimum Gasteiger partial charge on any atom is -0.387 e. The van der Waals surface area contributed by atoms with Crippen LogP contribution in [-0.4, -0.2) is 23.6 Å². The number of aliphatic hydroxyl groups excluding tert-OH is 1. The maximum absolute atomic E-state index is 13.0. The minimum absolute atomic E-state index is 0.0838. The van der Waals surface area contributed by atoms with Gasteiger partial charge in [0.1, 0.15) is 0 Å². The van der Waals surface area contributed by atoms with Gasteiger partial charge >= 0.3 is 0 Å². The van der Waals surface area contributed by atoms with Crippen molar-refractivity contribution in [3.8, 4) is 0 Å². The first-order valence-corrected chi connectivity index (χ1v) is 9.06. The minimum atomic E-state index is -0.680. The van der Waals surface area contributed by atoms with Crippen molar-refractivity contribution < 1.29 is 9.90 Å². The van der Waals surface area contributed by atoms with Gasteiger partial charge in [0.25, 0.3) is 0 Å².